The molecule has 1 N–H and O–H groups in total. The molecule has 0 unspecified atom stereocenters. The van der Waals surface area contributed by atoms with Gasteiger partial charge in [0.2, 0.25) is 21.8 Å². The molecule has 1 atom stereocenters. The summed E-state index contributed by atoms with van der Waals surface area (Å²) in [5.41, 5.74) is 3.44. The number of benzene rings is 2. The molecule has 0 spiro atoms. The highest BCUT2D eigenvalue weighted by Crippen LogP contribution is 2.29. The zero-order valence-electron chi connectivity index (χ0n) is 18.5. The molecule has 0 aromatic heterocycles. The van der Waals surface area contributed by atoms with E-state index < -0.39 is 15.9 Å². The molecule has 32 heavy (non-hydrogen) atoms. The lowest BCUT2D eigenvalue weighted by Gasteiger charge is -2.31. The Bertz CT molecular complexity index is 1130. The van der Waals surface area contributed by atoms with E-state index in [0.717, 1.165) is 29.8 Å². The van der Waals surface area contributed by atoms with Crippen molar-refractivity contribution in [3.05, 3.63) is 53.6 Å². The molecular weight excluding hydrogens is 426 g/mol. The van der Waals surface area contributed by atoms with Gasteiger partial charge in [0.05, 0.1) is 10.8 Å². The van der Waals surface area contributed by atoms with Crippen LogP contribution in [-0.4, -0.2) is 44.2 Å². The summed E-state index contributed by atoms with van der Waals surface area (Å²) in [4.78, 5) is 27.0. The van der Waals surface area contributed by atoms with Gasteiger partial charge in [-0.25, -0.2) is 8.42 Å². The van der Waals surface area contributed by atoms with E-state index in [4.69, 9.17) is 0 Å². The SMILES string of the molecule is Cc1ccc(S(=O)(=O)N2CCC[C@@H](C(=O)Nc3ccc(N4CCCC4=O)c(C)c3)C2)cc1. The molecule has 0 radical (unpaired) electrons. The topological polar surface area (TPSA) is 86.8 Å². The van der Waals surface area contributed by atoms with E-state index in [-0.39, 0.29) is 23.3 Å². The predicted octanol–water partition coefficient (Wildman–Crippen LogP) is 3.47. The number of aryl methyl sites for hydroxylation is 2. The first-order valence-corrected chi connectivity index (χ1v) is 12.5. The molecule has 2 aromatic carbocycles. The standard InChI is InChI=1S/C24H29N3O4S/c1-17-7-10-21(11-8-17)32(30,31)26-13-3-5-19(16-26)24(29)25-20-9-12-22(18(2)15-20)27-14-4-6-23(27)28/h7-12,15,19H,3-6,13-14,16H2,1-2H3,(H,25,29)/t19-/m1/s1. The molecule has 2 amide bonds. The van der Waals surface area contributed by atoms with Gasteiger partial charge in [-0.2, -0.15) is 4.31 Å². The Morgan fingerprint density at radius 2 is 1.78 bits per heavy atom. The number of piperidine rings is 1. The molecule has 2 aromatic rings. The number of rotatable bonds is 5. The smallest absolute Gasteiger partial charge is 0.243 e. The number of amides is 2. The number of anilines is 2. The van der Waals surface area contributed by atoms with Crippen molar-refractivity contribution in [3.63, 3.8) is 0 Å². The molecule has 0 saturated carbocycles. The average molecular weight is 456 g/mol. The van der Waals surface area contributed by atoms with E-state index in [0.29, 0.717) is 31.5 Å². The number of carbonyl (C=O) groups is 2. The number of sulfonamides is 1. The van der Waals surface area contributed by atoms with Gasteiger partial charge >= 0.3 is 0 Å². The van der Waals surface area contributed by atoms with Crippen LogP contribution >= 0.6 is 0 Å². The van der Waals surface area contributed by atoms with Gasteiger partial charge in [-0.05, 0) is 69.0 Å². The third-order valence-electron chi connectivity index (χ3n) is 6.24. The Kier molecular flexibility index (Phi) is 6.35. The fourth-order valence-corrected chi connectivity index (χ4v) is 5.94. The summed E-state index contributed by atoms with van der Waals surface area (Å²) in [5, 5.41) is 2.94. The maximum absolute atomic E-state index is 13.0. The number of hydrogen-bond acceptors (Lipinski definition) is 4. The minimum atomic E-state index is -3.63. The minimum Gasteiger partial charge on any atom is -0.326 e. The van der Waals surface area contributed by atoms with Crippen molar-refractivity contribution in [2.24, 2.45) is 5.92 Å². The van der Waals surface area contributed by atoms with E-state index in [1.165, 1.54) is 4.31 Å². The Labute approximate surface area is 189 Å². The number of nitrogens with one attached hydrogen (secondary N) is 1. The molecule has 2 aliphatic heterocycles. The molecule has 7 nitrogen and oxygen atoms in total. The summed E-state index contributed by atoms with van der Waals surface area (Å²) in [7, 11) is -3.63. The number of hydrogen-bond donors (Lipinski definition) is 1. The van der Waals surface area contributed by atoms with Crippen molar-refractivity contribution in [1.29, 1.82) is 0 Å². The second-order valence-corrected chi connectivity index (χ2v) is 10.6. The van der Waals surface area contributed by atoms with Gasteiger partial charge in [-0.3, -0.25) is 9.59 Å². The van der Waals surface area contributed by atoms with Gasteiger partial charge < -0.3 is 10.2 Å². The van der Waals surface area contributed by atoms with E-state index in [1.807, 2.05) is 26.0 Å². The van der Waals surface area contributed by atoms with Gasteiger partial charge in [0, 0.05) is 37.4 Å². The molecule has 4 rings (SSSR count). The fraction of sp³-hybridized carbons (Fsp3) is 0.417. The summed E-state index contributed by atoms with van der Waals surface area (Å²) in [6, 6.07) is 12.3. The van der Waals surface area contributed by atoms with Crippen molar-refractivity contribution in [1.82, 2.24) is 4.31 Å². The Balaban J connectivity index is 1.44. The summed E-state index contributed by atoms with van der Waals surface area (Å²) in [5.74, 6) is -0.468. The second kappa shape index (κ2) is 9.03. The van der Waals surface area contributed by atoms with Crippen LogP contribution in [0.1, 0.15) is 36.8 Å². The zero-order chi connectivity index (χ0) is 22.9. The van der Waals surface area contributed by atoms with Crippen molar-refractivity contribution >= 4 is 33.2 Å². The van der Waals surface area contributed by atoms with Crippen molar-refractivity contribution < 1.29 is 18.0 Å². The Morgan fingerprint density at radius 3 is 2.44 bits per heavy atom. The predicted molar refractivity (Wildman–Crippen MR) is 124 cm³/mol. The zero-order valence-corrected chi connectivity index (χ0v) is 19.3. The van der Waals surface area contributed by atoms with Crippen LogP contribution in [0.15, 0.2) is 47.4 Å². The normalized spacial score (nSPS) is 19.9. The van der Waals surface area contributed by atoms with Crippen molar-refractivity contribution in [3.8, 4) is 0 Å². The molecule has 0 aliphatic carbocycles. The maximum Gasteiger partial charge on any atom is 0.243 e. The molecule has 170 valence electrons. The van der Waals surface area contributed by atoms with Crippen molar-refractivity contribution in [2.45, 2.75) is 44.4 Å². The molecule has 8 heteroatoms. The quantitative estimate of drug-likeness (QED) is 0.748. The van der Waals surface area contributed by atoms with E-state index in [2.05, 4.69) is 5.32 Å². The highest BCUT2D eigenvalue weighted by atomic mass is 32.2. The van der Waals surface area contributed by atoms with Crippen molar-refractivity contribution in [2.75, 3.05) is 29.9 Å². The van der Waals surface area contributed by atoms with Crippen LogP contribution in [0.25, 0.3) is 0 Å². The van der Waals surface area contributed by atoms with E-state index in [1.54, 1.807) is 35.2 Å². The van der Waals surface area contributed by atoms with Crippen LogP contribution in [0.2, 0.25) is 0 Å². The van der Waals surface area contributed by atoms with Gasteiger partial charge in [0.1, 0.15) is 0 Å². The summed E-state index contributed by atoms with van der Waals surface area (Å²) in [6.07, 6.45) is 2.71. The third-order valence-corrected chi connectivity index (χ3v) is 8.12. The summed E-state index contributed by atoms with van der Waals surface area (Å²) >= 11 is 0. The monoisotopic (exact) mass is 455 g/mol. The molecule has 2 saturated heterocycles. The molecule has 2 fully saturated rings. The first-order valence-electron chi connectivity index (χ1n) is 11.0. The number of carbonyl (C=O) groups excluding carboxylic acids is 2. The van der Waals surface area contributed by atoms with Gasteiger partial charge in [0.25, 0.3) is 0 Å². The highest BCUT2D eigenvalue weighted by Gasteiger charge is 2.33. The van der Waals surface area contributed by atoms with E-state index in [9.17, 15) is 18.0 Å². The Morgan fingerprint density at radius 1 is 1.03 bits per heavy atom. The third kappa shape index (κ3) is 4.56. The van der Waals surface area contributed by atoms with Crippen LogP contribution in [0.4, 0.5) is 11.4 Å². The molecular formula is C24H29N3O4S. The fourth-order valence-electron chi connectivity index (χ4n) is 4.42. The lowest BCUT2D eigenvalue weighted by molar-refractivity contribution is -0.121. The first kappa shape index (κ1) is 22.5. The second-order valence-electron chi connectivity index (χ2n) is 8.65. The van der Waals surface area contributed by atoms with Gasteiger partial charge in [-0.15, -0.1) is 0 Å². The van der Waals surface area contributed by atoms with Crippen LogP contribution in [0.5, 0.6) is 0 Å². The largest absolute Gasteiger partial charge is 0.326 e. The number of nitrogens with zero attached hydrogens (tertiary/aromatic N) is 2. The maximum atomic E-state index is 13.0. The summed E-state index contributed by atoms with van der Waals surface area (Å²) < 4.78 is 27.5. The molecule has 2 aliphatic rings. The molecule has 2 heterocycles. The lowest BCUT2D eigenvalue weighted by atomic mass is 9.98. The summed E-state index contributed by atoms with van der Waals surface area (Å²) in [6.45, 7) is 5.14. The van der Waals surface area contributed by atoms with Crippen LogP contribution in [0, 0.1) is 19.8 Å². The highest BCUT2D eigenvalue weighted by molar-refractivity contribution is 7.89. The van der Waals surface area contributed by atoms with Gasteiger partial charge in [-0.1, -0.05) is 17.7 Å². The first-order chi connectivity index (χ1) is 15.3. The Hall–Kier alpha value is -2.71. The average Bonchev–Trinajstić information content (AvgIpc) is 3.20. The lowest BCUT2D eigenvalue weighted by Crippen LogP contribution is -2.43. The molecule has 0 bridgehead atoms. The van der Waals surface area contributed by atoms with Crippen LogP contribution in [-0.2, 0) is 19.6 Å². The van der Waals surface area contributed by atoms with Crippen LogP contribution < -0.4 is 10.2 Å². The van der Waals surface area contributed by atoms with E-state index >= 15 is 0 Å². The minimum absolute atomic E-state index is 0.127. The van der Waals surface area contributed by atoms with Gasteiger partial charge in [0.15, 0.2) is 0 Å². The van der Waals surface area contributed by atoms with Crippen LogP contribution in [0.3, 0.4) is 0 Å².